The molecule has 1 rings (SSSR count). The highest BCUT2D eigenvalue weighted by atomic mass is 14.9. The van der Waals surface area contributed by atoms with E-state index in [2.05, 4.69) is 39.9 Å². The normalized spacial score (nSPS) is 32.2. The van der Waals surface area contributed by atoms with Gasteiger partial charge in [-0.05, 0) is 50.0 Å². The first-order valence-corrected chi connectivity index (χ1v) is 8.38. The van der Waals surface area contributed by atoms with Crippen molar-refractivity contribution in [2.75, 3.05) is 6.54 Å². The zero-order valence-electron chi connectivity index (χ0n) is 13.8. The third-order valence-electron chi connectivity index (χ3n) is 5.67. The maximum atomic E-state index is 6.23. The van der Waals surface area contributed by atoms with Crippen LogP contribution in [0.1, 0.15) is 73.1 Å². The minimum Gasteiger partial charge on any atom is -0.327 e. The SMILES string of the molecule is CCCCCC(C)NCC1CCC(N)C(C)C1(C)C. The molecule has 1 fully saturated rings. The van der Waals surface area contributed by atoms with Crippen LogP contribution in [0.25, 0.3) is 0 Å². The molecule has 4 unspecified atom stereocenters. The molecule has 3 N–H and O–H groups in total. The van der Waals surface area contributed by atoms with Gasteiger partial charge in [0.25, 0.3) is 0 Å². The van der Waals surface area contributed by atoms with E-state index in [9.17, 15) is 0 Å². The van der Waals surface area contributed by atoms with E-state index in [1.165, 1.54) is 38.5 Å². The van der Waals surface area contributed by atoms with Crippen molar-refractivity contribution < 1.29 is 0 Å². The van der Waals surface area contributed by atoms with Crippen molar-refractivity contribution in [2.45, 2.75) is 85.2 Å². The second-order valence-corrected chi connectivity index (χ2v) is 7.35. The van der Waals surface area contributed by atoms with Crippen LogP contribution in [-0.2, 0) is 0 Å². The fraction of sp³-hybridized carbons (Fsp3) is 1.00. The van der Waals surface area contributed by atoms with Crippen LogP contribution in [0.3, 0.4) is 0 Å². The number of nitrogens with two attached hydrogens (primary N) is 1. The zero-order chi connectivity index (χ0) is 14.5. The molecule has 1 saturated carbocycles. The van der Waals surface area contributed by atoms with Gasteiger partial charge in [0.15, 0.2) is 0 Å². The fourth-order valence-corrected chi connectivity index (χ4v) is 3.45. The lowest BCUT2D eigenvalue weighted by Crippen LogP contribution is -2.50. The number of unbranched alkanes of at least 4 members (excludes halogenated alkanes) is 2. The molecule has 0 saturated heterocycles. The molecule has 114 valence electrons. The number of hydrogen-bond acceptors (Lipinski definition) is 2. The van der Waals surface area contributed by atoms with Crippen molar-refractivity contribution in [3.05, 3.63) is 0 Å². The Morgan fingerprint density at radius 1 is 1.26 bits per heavy atom. The van der Waals surface area contributed by atoms with Crippen molar-refractivity contribution in [3.63, 3.8) is 0 Å². The van der Waals surface area contributed by atoms with Gasteiger partial charge in [0.05, 0.1) is 0 Å². The minimum absolute atomic E-state index is 0.369. The molecular weight excluding hydrogens is 232 g/mol. The van der Waals surface area contributed by atoms with Crippen LogP contribution in [0.5, 0.6) is 0 Å². The van der Waals surface area contributed by atoms with Gasteiger partial charge in [-0.1, -0.05) is 47.0 Å². The zero-order valence-corrected chi connectivity index (χ0v) is 13.8. The third-order valence-corrected chi connectivity index (χ3v) is 5.67. The molecule has 4 atom stereocenters. The maximum absolute atomic E-state index is 6.23. The van der Waals surface area contributed by atoms with Gasteiger partial charge in [-0.15, -0.1) is 0 Å². The summed E-state index contributed by atoms with van der Waals surface area (Å²) in [6.45, 7) is 12.9. The average Bonchev–Trinajstić information content (AvgIpc) is 2.35. The first-order chi connectivity index (χ1) is 8.89. The Balaban J connectivity index is 2.36. The van der Waals surface area contributed by atoms with E-state index in [-0.39, 0.29) is 0 Å². The average molecular weight is 268 g/mol. The van der Waals surface area contributed by atoms with E-state index in [0.717, 1.165) is 12.5 Å². The van der Waals surface area contributed by atoms with Crippen LogP contribution in [0.15, 0.2) is 0 Å². The van der Waals surface area contributed by atoms with Crippen molar-refractivity contribution in [3.8, 4) is 0 Å². The largest absolute Gasteiger partial charge is 0.327 e. The Bertz CT molecular complexity index is 250. The van der Waals surface area contributed by atoms with Gasteiger partial charge in [-0.2, -0.15) is 0 Å². The number of hydrogen-bond donors (Lipinski definition) is 2. The van der Waals surface area contributed by atoms with E-state index in [0.29, 0.717) is 23.4 Å². The maximum Gasteiger partial charge on any atom is 0.00698 e. The molecule has 0 amide bonds. The second-order valence-electron chi connectivity index (χ2n) is 7.35. The Hall–Kier alpha value is -0.0800. The van der Waals surface area contributed by atoms with E-state index in [1.54, 1.807) is 0 Å². The molecule has 2 heteroatoms. The summed E-state index contributed by atoms with van der Waals surface area (Å²) in [4.78, 5) is 0. The Labute approximate surface area is 120 Å². The lowest BCUT2D eigenvalue weighted by atomic mass is 9.61. The highest BCUT2D eigenvalue weighted by molar-refractivity contribution is 4.94. The predicted octanol–water partition coefficient (Wildman–Crippen LogP) is 3.94. The van der Waals surface area contributed by atoms with Crippen LogP contribution in [0, 0.1) is 17.3 Å². The topological polar surface area (TPSA) is 38.0 Å². The van der Waals surface area contributed by atoms with Gasteiger partial charge in [-0.25, -0.2) is 0 Å². The van der Waals surface area contributed by atoms with Crippen molar-refractivity contribution in [1.82, 2.24) is 5.32 Å². The lowest BCUT2D eigenvalue weighted by Gasteiger charge is -2.47. The summed E-state index contributed by atoms with van der Waals surface area (Å²) < 4.78 is 0. The van der Waals surface area contributed by atoms with Crippen LogP contribution in [0.4, 0.5) is 0 Å². The molecule has 0 aromatic rings. The first kappa shape index (κ1) is 17.0. The highest BCUT2D eigenvalue weighted by Crippen LogP contribution is 2.43. The lowest BCUT2D eigenvalue weighted by molar-refractivity contribution is 0.0524. The van der Waals surface area contributed by atoms with E-state index >= 15 is 0 Å². The second kappa shape index (κ2) is 7.64. The number of rotatable bonds is 7. The van der Waals surface area contributed by atoms with Crippen LogP contribution >= 0.6 is 0 Å². The van der Waals surface area contributed by atoms with E-state index < -0.39 is 0 Å². The van der Waals surface area contributed by atoms with Crippen molar-refractivity contribution >= 4 is 0 Å². The van der Waals surface area contributed by atoms with Gasteiger partial charge in [-0.3, -0.25) is 0 Å². The molecule has 19 heavy (non-hydrogen) atoms. The van der Waals surface area contributed by atoms with Crippen molar-refractivity contribution in [1.29, 1.82) is 0 Å². The predicted molar refractivity (Wildman–Crippen MR) is 85.3 cm³/mol. The molecule has 0 spiro atoms. The molecule has 0 heterocycles. The summed E-state index contributed by atoms with van der Waals surface area (Å²) in [5.74, 6) is 1.40. The quantitative estimate of drug-likeness (QED) is 0.686. The molecule has 0 aromatic carbocycles. The molecule has 1 aliphatic carbocycles. The summed E-state index contributed by atoms with van der Waals surface area (Å²) in [6.07, 6.45) is 7.84. The molecule has 1 aliphatic rings. The third kappa shape index (κ3) is 4.75. The monoisotopic (exact) mass is 268 g/mol. The number of nitrogens with one attached hydrogen (secondary N) is 1. The standard InChI is InChI=1S/C17H36N2/c1-6-7-8-9-13(2)19-12-15-10-11-16(18)14(3)17(15,4)5/h13-16,19H,6-12,18H2,1-5H3. The Morgan fingerprint density at radius 2 is 1.95 bits per heavy atom. The van der Waals surface area contributed by atoms with Crippen LogP contribution in [0.2, 0.25) is 0 Å². The van der Waals surface area contributed by atoms with Crippen molar-refractivity contribution in [2.24, 2.45) is 23.0 Å². The minimum atomic E-state index is 0.369. The molecule has 0 radical (unpaired) electrons. The Kier molecular flexibility index (Phi) is 6.82. The molecular formula is C17H36N2. The Morgan fingerprint density at radius 3 is 2.58 bits per heavy atom. The van der Waals surface area contributed by atoms with E-state index in [1.807, 2.05) is 0 Å². The van der Waals surface area contributed by atoms with E-state index in [4.69, 9.17) is 5.73 Å². The van der Waals surface area contributed by atoms with Gasteiger partial charge in [0.2, 0.25) is 0 Å². The summed E-state index contributed by atoms with van der Waals surface area (Å²) in [5.41, 5.74) is 6.60. The molecule has 0 aromatic heterocycles. The summed E-state index contributed by atoms with van der Waals surface area (Å²) in [5, 5.41) is 3.76. The van der Waals surface area contributed by atoms with Gasteiger partial charge in [0.1, 0.15) is 0 Å². The summed E-state index contributed by atoms with van der Waals surface area (Å²) in [6, 6.07) is 1.06. The van der Waals surface area contributed by atoms with Gasteiger partial charge in [0, 0.05) is 12.1 Å². The molecule has 0 bridgehead atoms. The smallest absolute Gasteiger partial charge is 0.00698 e. The van der Waals surface area contributed by atoms with Crippen LogP contribution in [-0.4, -0.2) is 18.6 Å². The highest BCUT2D eigenvalue weighted by Gasteiger charge is 2.41. The summed E-state index contributed by atoms with van der Waals surface area (Å²) >= 11 is 0. The van der Waals surface area contributed by atoms with Gasteiger partial charge < -0.3 is 11.1 Å². The molecule has 2 nitrogen and oxygen atoms in total. The van der Waals surface area contributed by atoms with Crippen LogP contribution < -0.4 is 11.1 Å². The van der Waals surface area contributed by atoms with Gasteiger partial charge >= 0.3 is 0 Å². The molecule has 0 aliphatic heterocycles. The fourth-order valence-electron chi connectivity index (χ4n) is 3.45. The summed E-state index contributed by atoms with van der Waals surface area (Å²) in [7, 11) is 0. The first-order valence-electron chi connectivity index (χ1n) is 8.38.